The van der Waals surface area contributed by atoms with E-state index in [1.807, 2.05) is 5.38 Å². The van der Waals surface area contributed by atoms with Gasteiger partial charge in [0.05, 0.1) is 28.8 Å². The lowest BCUT2D eigenvalue weighted by atomic mass is 10.1. The summed E-state index contributed by atoms with van der Waals surface area (Å²) in [6.45, 7) is 1.03. The first-order chi connectivity index (χ1) is 13.9. The van der Waals surface area contributed by atoms with Gasteiger partial charge >= 0.3 is 6.18 Å². The van der Waals surface area contributed by atoms with Crippen molar-refractivity contribution < 1.29 is 22.7 Å². The summed E-state index contributed by atoms with van der Waals surface area (Å²) in [5.41, 5.74) is 0.0470. The topological polar surface area (TPSA) is 42.4 Å². The quantitative estimate of drug-likeness (QED) is 0.512. The number of aromatic nitrogens is 1. The number of halogens is 3. The maximum Gasteiger partial charge on any atom is 0.416 e. The Hall–Kier alpha value is -2.23. The molecule has 4 rings (SSSR count). The molecule has 1 aliphatic heterocycles. The molecule has 0 unspecified atom stereocenters. The summed E-state index contributed by atoms with van der Waals surface area (Å²) in [5.74, 6) is -0.180. The molecular formula is C20H17F3N2O2S2. The highest BCUT2D eigenvalue weighted by molar-refractivity contribution is 7.14. The van der Waals surface area contributed by atoms with Crippen molar-refractivity contribution in [2.75, 3.05) is 18.1 Å². The molecule has 0 N–H and O–H groups in total. The molecule has 9 heteroatoms. The molecule has 4 nitrogen and oxygen atoms in total. The number of alkyl halides is 3. The molecule has 152 valence electrons. The molecule has 3 aromatic rings. The number of nitrogens with zero attached hydrogens (tertiary/aromatic N) is 2. The third kappa shape index (κ3) is 4.52. The van der Waals surface area contributed by atoms with Gasteiger partial charge in [-0.25, -0.2) is 4.98 Å². The van der Waals surface area contributed by atoms with E-state index in [9.17, 15) is 18.0 Å². The van der Waals surface area contributed by atoms with Gasteiger partial charge in [0.1, 0.15) is 0 Å². The number of carbonyl (C=O) groups excluding carboxylic acids is 1. The number of rotatable bonds is 5. The van der Waals surface area contributed by atoms with E-state index in [0.717, 1.165) is 25.0 Å². The molecular weight excluding hydrogens is 421 g/mol. The van der Waals surface area contributed by atoms with Gasteiger partial charge in [-0.15, -0.1) is 22.7 Å². The first kappa shape index (κ1) is 20.1. The molecule has 1 fully saturated rings. The number of anilines is 1. The van der Waals surface area contributed by atoms with Crippen LogP contribution in [0.5, 0.6) is 0 Å². The fourth-order valence-corrected chi connectivity index (χ4v) is 4.66. The van der Waals surface area contributed by atoms with Crippen LogP contribution < -0.4 is 4.90 Å². The highest BCUT2D eigenvalue weighted by atomic mass is 32.1. The van der Waals surface area contributed by atoms with Crippen LogP contribution in [0, 0.1) is 0 Å². The smallest absolute Gasteiger partial charge is 0.376 e. The van der Waals surface area contributed by atoms with Gasteiger partial charge in [-0.3, -0.25) is 9.69 Å². The predicted octanol–water partition coefficient (Wildman–Crippen LogP) is 5.72. The normalized spacial score (nSPS) is 16.9. The van der Waals surface area contributed by atoms with Crippen LogP contribution in [0.15, 0.2) is 47.2 Å². The van der Waals surface area contributed by atoms with Crippen molar-refractivity contribution in [1.82, 2.24) is 4.98 Å². The van der Waals surface area contributed by atoms with Crippen LogP contribution in [0.25, 0.3) is 11.3 Å². The molecule has 3 heterocycles. The molecule has 0 aliphatic carbocycles. The summed E-state index contributed by atoms with van der Waals surface area (Å²) in [5, 5.41) is 3.95. The summed E-state index contributed by atoms with van der Waals surface area (Å²) < 4.78 is 44.7. The molecule has 1 aromatic carbocycles. The largest absolute Gasteiger partial charge is 0.416 e. The molecule has 2 aromatic heterocycles. The van der Waals surface area contributed by atoms with Crippen LogP contribution in [-0.2, 0) is 10.9 Å². The molecule has 0 bridgehead atoms. The van der Waals surface area contributed by atoms with E-state index in [-0.39, 0.29) is 12.0 Å². The number of hydrogen-bond acceptors (Lipinski definition) is 5. The van der Waals surface area contributed by atoms with Crippen LogP contribution in [0.4, 0.5) is 18.3 Å². The van der Waals surface area contributed by atoms with Gasteiger partial charge in [0.2, 0.25) is 0 Å². The molecule has 29 heavy (non-hydrogen) atoms. The lowest BCUT2D eigenvalue weighted by molar-refractivity contribution is -0.137. The highest BCUT2D eigenvalue weighted by Crippen LogP contribution is 2.34. The van der Waals surface area contributed by atoms with Crippen molar-refractivity contribution in [3.8, 4) is 11.3 Å². The number of benzene rings is 1. The summed E-state index contributed by atoms with van der Waals surface area (Å²) in [4.78, 5) is 19.7. The van der Waals surface area contributed by atoms with E-state index in [0.29, 0.717) is 34.4 Å². The first-order valence-electron chi connectivity index (χ1n) is 9.02. The maximum absolute atomic E-state index is 13.0. The fourth-order valence-electron chi connectivity index (χ4n) is 3.15. The average Bonchev–Trinajstić information content (AvgIpc) is 3.48. The Morgan fingerprint density at radius 2 is 2.10 bits per heavy atom. The summed E-state index contributed by atoms with van der Waals surface area (Å²) in [6.07, 6.45) is -2.69. The van der Waals surface area contributed by atoms with E-state index in [4.69, 9.17) is 4.74 Å². The van der Waals surface area contributed by atoms with E-state index in [2.05, 4.69) is 4.98 Å². The third-order valence-corrected chi connectivity index (χ3v) is 6.32. The number of ether oxygens (including phenoxy) is 1. The van der Waals surface area contributed by atoms with Crippen LogP contribution >= 0.6 is 22.7 Å². The highest BCUT2D eigenvalue weighted by Gasteiger charge is 2.31. The minimum atomic E-state index is -4.42. The Labute approximate surface area is 173 Å². The zero-order chi connectivity index (χ0) is 20.4. The standard InChI is InChI=1S/C20H17F3N2O2S2/c21-20(22,23)14-5-1-4-13(10-14)16-12-29-19(24-16)25(11-15-6-2-8-27-15)18(26)17-7-3-9-28-17/h1,3-5,7,9-10,12,15H,2,6,8,11H2/t15-/m0/s1. The first-order valence-corrected chi connectivity index (χ1v) is 10.8. The third-order valence-electron chi connectivity index (χ3n) is 4.60. The van der Waals surface area contributed by atoms with Crippen molar-refractivity contribution in [2.24, 2.45) is 0 Å². The van der Waals surface area contributed by atoms with Crippen LogP contribution in [0.1, 0.15) is 28.1 Å². The zero-order valence-corrected chi connectivity index (χ0v) is 16.8. The Kier molecular flexibility index (Phi) is 5.71. The molecule has 1 amide bonds. The van der Waals surface area contributed by atoms with E-state index >= 15 is 0 Å². The Morgan fingerprint density at radius 3 is 2.79 bits per heavy atom. The van der Waals surface area contributed by atoms with Gasteiger partial charge < -0.3 is 4.74 Å². The number of thiophene rings is 1. The number of hydrogen-bond donors (Lipinski definition) is 0. The van der Waals surface area contributed by atoms with E-state index in [1.165, 1.54) is 28.7 Å². The lowest BCUT2D eigenvalue weighted by Crippen LogP contribution is -2.37. The maximum atomic E-state index is 13.0. The van der Waals surface area contributed by atoms with E-state index < -0.39 is 11.7 Å². The number of thiazole rings is 1. The van der Waals surface area contributed by atoms with Crippen molar-refractivity contribution in [3.63, 3.8) is 0 Å². The fraction of sp³-hybridized carbons (Fsp3) is 0.300. The summed E-state index contributed by atoms with van der Waals surface area (Å²) in [7, 11) is 0. The molecule has 1 atom stereocenters. The summed E-state index contributed by atoms with van der Waals surface area (Å²) in [6, 6.07) is 8.60. The van der Waals surface area contributed by atoms with Gasteiger partial charge in [-0.1, -0.05) is 18.2 Å². The monoisotopic (exact) mass is 438 g/mol. The second-order valence-corrected chi connectivity index (χ2v) is 8.41. The van der Waals surface area contributed by atoms with Crippen molar-refractivity contribution in [3.05, 3.63) is 57.6 Å². The van der Waals surface area contributed by atoms with E-state index in [1.54, 1.807) is 28.5 Å². The molecule has 0 radical (unpaired) electrons. The Morgan fingerprint density at radius 1 is 1.24 bits per heavy atom. The average molecular weight is 438 g/mol. The van der Waals surface area contributed by atoms with Crippen molar-refractivity contribution in [1.29, 1.82) is 0 Å². The Balaban J connectivity index is 1.64. The van der Waals surface area contributed by atoms with Crippen LogP contribution in [0.2, 0.25) is 0 Å². The molecule has 0 spiro atoms. The Bertz CT molecular complexity index is 980. The second kappa shape index (κ2) is 8.25. The minimum absolute atomic E-state index is 0.0696. The molecule has 0 saturated carbocycles. The number of amides is 1. The summed E-state index contributed by atoms with van der Waals surface area (Å²) >= 11 is 2.58. The molecule has 1 aliphatic rings. The van der Waals surface area contributed by atoms with Gasteiger partial charge in [-0.2, -0.15) is 13.2 Å². The lowest BCUT2D eigenvalue weighted by Gasteiger charge is -2.22. The number of carbonyl (C=O) groups is 1. The molecule has 1 saturated heterocycles. The zero-order valence-electron chi connectivity index (χ0n) is 15.2. The predicted molar refractivity (Wildman–Crippen MR) is 108 cm³/mol. The van der Waals surface area contributed by atoms with Crippen LogP contribution in [-0.4, -0.2) is 30.1 Å². The van der Waals surface area contributed by atoms with Gasteiger partial charge in [-0.05, 0) is 36.4 Å². The SMILES string of the molecule is O=C(c1cccs1)N(C[C@@H]1CCCO1)c1nc(-c2cccc(C(F)(F)F)c2)cs1. The van der Waals surface area contributed by atoms with Crippen molar-refractivity contribution >= 4 is 33.7 Å². The van der Waals surface area contributed by atoms with Gasteiger partial charge in [0, 0.05) is 17.6 Å². The van der Waals surface area contributed by atoms with Gasteiger partial charge in [0.15, 0.2) is 5.13 Å². The van der Waals surface area contributed by atoms with Crippen molar-refractivity contribution in [2.45, 2.75) is 25.1 Å². The minimum Gasteiger partial charge on any atom is -0.376 e. The second-order valence-electron chi connectivity index (χ2n) is 6.62. The van der Waals surface area contributed by atoms with Crippen LogP contribution in [0.3, 0.4) is 0 Å². The van der Waals surface area contributed by atoms with Gasteiger partial charge in [0.25, 0.3) is 5.91 Å².